The molecule has 0 fully saturated rings. The summed E-state index contributed by atoms with van der Waals surface area (Å²) in [6.45, 7) is 2.31. The summed E-state index contributed by atoms with van der Waals surface area (Å²) in [6.07, 6.45) is -0.171. The van der Waals surface area contributed by atoms with Crippen molar-refractivity contribution in [2.45, 2.75) is 38.5 Å². The molecular weight excluding hydrogens is 532 g/mol. The SMILES string of the molecule is CCc1cccc(CNC[C@@H](O)[C@H](Cc2cc(F)cc(F)c2)NC(=O)COc2ccc(-n3c(O)ccc3O)cc2)c1. The third-order valence-electron chi connectivity index (χ3n) is 6.58. The molecule has 0 bridgehead atoms. The average Bonchev–Trinajstić information content (AvgIpc) is 3.28. The van der Waals surface area contributed by atoms with E-state index in [-0.39, 0.29) is 36.9 Å². The van der Waals surface area contributed by atoms with Crippen molar-refractivity contribution in [2.24, 2.45) is 0 Å². The maximum Gasteiger partial charge on any atom is 0.258 e. The van der Waals surface area contributed by atoms with Gasteiger partial charge in [-0.25, -0.2) is 8.78 Å². The Balaban J connectivity index is 1.37. The zero-order valence-electron chi connectivity index (χ0n) is 22.6. The second kappa shape index (κ2) is 13.8. The number of hydrogen-bond acceptors (Lipinski definition) is 6. The van der Waals surface area contributed by atoms with Gasteiger partial charge in [-0.05, 0) is 65.9 Å². The molecule has 0 radical (unpaired) electrons. The van der Waals surface area contributed by atoms with E-state index in [2.05, 4.69) is 23.6 Å². The third kappa shape index (κ3) is 8.29. The smallest absolute Gasteiger partial charge is 0.258 e. The molecular formula is C31H33F2N3O5. The number of carbonyl (C=O) groups excluding carboxylic acids is 1. The number of aryl methyl sites for hydroxylation is 1. The minimum absolute atomic E-state index is 0.00681. The zero-order valence-corrected chi connectivity index (χ0v) is 22.6. The summed E-state index contributed by atoms with van der Waals surface area (Å²) in [7, 11) is 0. The highest BCUT2D eigenvalue weighted by Crippen LogP contribution is 2.27. The summed E-state index contributed by atoms with van der Waals surface area (Å²) < 4.78 is 34.4. The van der Waals surface area contributed by atoms with Gasteiger partial charge in [-0.2, -0.15) is 0 Å². The number of benzene rings is 3. The van der Waals surface area contributed by atoms with Gasteiger partial charge in [0.1, 0.15) is 17.4 Å². The molecule has 0 aliphatic carbocycles. The van der Waals surface area contributed by atoms with Crippen LogP contribution >= 0.6 is 0 Å². The lowest BCUT2D eigenvalue weighted by Gasteiger charge is -2.25. The van der Waals surface area contributed by atoms with Crippen molar-refractivity contribution in [2.75, 3.05) is 13.2 Å². The number of rotatable bonds is 13. The van der Waals surface area contributed by atoms with Gasteiger partial charge in [0.2, 0.25) is 0 Å². The molecule has 41 heavy (non-hydrogen) atoms. The molecule has 0 saturated heterocycles. The van der Waals surface area contributed by atoms with Crippen molar-refractivity contribution >= 4 is 5.91 Å². The zero-order chi connectivity index (χ0) is 29.4. The van der Waals surface area contributed by atoms with E-state index in [0.29, 0.717) is 18.0 Å². The number of nitrogens with one attached hydrogen (secondary N) is 2. The van der Waals surface area contributed by atoms with E-state index in [0.717, 1.165) is 30.2 Å². The first-order valence-corrected chi connectivity index (χ1v) is 13.3. The predicted molar refractivity (Wildman–Crippen MR) is 150 cm³/mol. The standard InChI is InChI=1S/C31H33F2N3O5/c1-2-20-4-3-5-21(12-20)17-34-18-28(37)27(15-22-13-23(32)16-24(33)14-22)35-29(38)19-41-26-8-6-25(7-9-26)36-30(39)10-11-31(36)40/h3-14,16,27-28,34,37,39-40H,2,15,17-19H2,1H3,(H,35,38)/t27-,28+/m0/s1. The van der Waals surface area contributed by atoms with Gasteiger partial charge in [0, 0.05) is 31.3 Å². The largest absolute Gasteiger partial charge is 0.494 e. The summed E-state index contributed by atoms with van der Waals surface area (Å²) >= 11 is 0. The lowest BCUT2D eigenvalue weighted by molar-refractivity contribution is -0.124. The summed E-state index contributed by atoms with van der Waals surface area (Å²) in [5.41, 5.74) is 3.02. The van der Waals surface area contributed by atoms with Crippen LogP contribution in [0.1, 0.15) is 23.6 Å². The van der Waals surface area contributed by atoms with Gasteiger partial charge in [-0.1, -0.05) is 31.2 Å². The summed E-state index contributed by atoms with van der Waals surface area (Å²) in [5.74, 6) is -1.95. The van der Waals surface area contributed by atoms with Gasteiger partial charge in [0.05, 0.1) is 17.8 Å². The molecule has 0 spiro atoms. The molecule has 0 unspecified atom stereocenters. The van der Waals surface area contributed by atoms with Crippen LogP contribution in [-0.2, 0) is 24.2 Å². The number of carbonyl (C=O) groups is 1. The number of aromatic hydroxyl groups is 2. The molecule has 0 aliphatic heterocycles. The van der Waals surface area contributed by atoms with Crippen LogP contribution in [0.5, 0.6) is 17.5 Å². The lowest BCUT2D eigenvalue weighted by Crippen LogP contribution is -2.49. The monoisotopic (exact) mass is 565 g/mol. The minimum atomic E-state index is -1.07. The van der Waals surface area contributed by atoms with Crippen LogP contribution in [0.25, 0.3) is 5.69 Å². The lowest BCUT2D eigenvalue weighted by atomic mass is 10.0. The molecule has 0 saturated carbocycles. The number of amides is 1. The van der Waals surface area contributed by atoms with Gasteiger partial charge in [-0.3, -0.25) is 9.36 Å². The third-order valence-corrected chi connectivity index (χ3v) is 6.58. The molecule has 1 amide bonds. The van der Waals surface area contributed by atoms with E-state index >= 15 is 0 Å². The van der Waals surface area contributed by atoms with Gasteiger partial charge in [0.15, 0.2) is 18.4 Å². The first-order chi connectivity index (χ1) is 19.7. The van der Waals surface area contributed by atoms with E-state index in [1.807, 2.05) is 18.2 Å². The highest BCUT2D eigenvalue weighted by atomic mass is 19.1. The molecule has 1 heterocycles. The van der Waals surface area contributed by atoms with Crippen molar-refractivity contribution in [3.8, 4) is 23.2 Å². The highest BCUT2D eigenvalue weighted by Gasteiger charge is 2.23. The molecule has 4 rings (SSSR count). The number of halogens is 2. The van der Waals surface area contributed by atoms with Crippen LogP contribution in [0, 0.1) is 11.6 Å². The number of ether oxygens (including phenoxy) is 1. The van der Waals surface area contributed by atoms with Gasteiger partial charge in [0.25, 0.3) is 5.91 Å². The second-order valence-electron chi connectivity index (χ2n) is 9.70. The van der Waals surface area contributed by atoms with E-state index in [1.165, 1.54) is 22.3 Å². The Kier molecular flexibility index (Phi) is 9.94. The van der Waals surface area contributed by atoms with Crippen LogP contribution in [0.3, 0.4) is 0 Å². The predicted octanol–water partition coefficient (Wildman–Crippen LogP) is 3.99. The van der Waals surface area contributed by atoms with Gasteiger partial charge < -0.3 is 30.7 Å². The Morgan fingerprint density at radius 3 is 2.22 bits per heavy atom. The van der Waals surface area contributed by atoms with Crippen molar-refractivity contribution in [3.05, 3.63) is 107 Å². The van der Waals surface area contributed by atoms with Crippen LogP contribution in [0.2, 0.25) is 0 Å². The van der Waals surface area contributed by atoms with Crippen molar-refractivity contribution < 1.29 is 33.6 Å². The summed E-state index contributed by atoms with van der Waals surface area (Å²) in [4.78, 5) is 12.8. The Morgan fingerprint density at radius 2 is 1.56 bits per heavy atom. The highest BCUT2D eigenvalue weighted by molar-refractivity contribution is 5.78. The number of aliphatic hydroxyl groups excluding tert-OH is 1. The number of nitrogens with zero attached hydrogens (tertiary/aromatic N) is 1. The fourth-order valence-electron chi connectivity index (χ4n) is 4.50. The topological polar surface area (TPSA) is 116 Å². The van der Waals surface area contributed by atoms with E-state index < -0.39 is 29.7 Å². The van der Waals surface area contributed by atoms with Crippen molar-refractivity contribution in [1.29, 1.82) is 0 Å². The fraction of sp³-hybridized carbons (Fsp3) is 0.258. The van der Waals surface area contributed by atoms with Crippen LogP contribution in [0.15, 0.2) is 78.9 Å². The molecule has 2 atom stereocenters. The number of hydrogen-bond donors (Lipinski definition) is 5. The fourth-order valence-corrected chi connectivity index (χ4v) is 4.50. The molecule has 4 aromatic rings. The Labute approximate surface area is 236 Å². The first kappa shape index (κ1) is 29.6. The van der Waals surface area contributed by atoms with Crippen LogP contribution in [-0.4, -0.2) is 51.1 Å². The maximum atomic E-state index is 13.8. The molecule has 216 valence electrons. The molecule has 5 N–H and O–H groups in total. The van der Waals surface area contributed by atoms with E-state index in [9.17, 15) is 28.9 Å². The molecule has 0 aliphatic rings. The van der Waals surface area contributed by atoms with E-state index in [4.69, 9.17) is 4.74 Å². The Bertz CT molecular complexity index is 1420. The van der Waals surface area contributed by atoms with Gasteiger partial charge >= 0.3 is 0 Å². The van der Waals surface area contributed by atoms with Crippen LogP contribution < -0.4 is 15.4 Å². The van der Waals surface area contributed by atoms with Crippen molar-refractivity contribution in [3.63, 3.8) is 0 Å². The quantitative estimate of drug-likeness (QED) is 0.168. The van der Waals surface area contributed by atoms with Crippen molar-refractivity contribution in [1.82, 2.24) is 15.2 Å². The second-order valence-corrected chi connectivity index (χ2v) is 9.70. The normalized spacial score (nSPS) is 12.6. The maximum absolute atomic E-state index is 13.8. The Morgan fingerprint density at radius 1 is 0.902 bits per heavy atom. The first-order valence-electron chi connectivity index (χ1n) is 13.3. The molecule has 10 heteroatoms. The Hall–Kier alpha value is -4.41. The number of aromatic nitrogens is 1. The van der Waals surface area contributed by atoms with E-state index in [1.54, 1.807) is 24.3 Å². The molecule has 1 aromatic heterocycles. The summed E-state index contributed by atoms with van der Waals surface area (Å²) in [5, 5.41) is 36.6. The minimum Gasteiger partial charge on any atom is -0.494 e. The van der Waals surface area contributed by atoms with Gasteiger partial charge in [-0.15, -0.1) is 0 Å². The molecule has 3 aromatic carbocycles. The molecule has 8 nitrogen and oxygen atoms in total. The average molecular weight is 566 g/mol. The number of aliphatic hydroxyl groups is 1. The summed E-state index contributed by atoms with van der Waals surface area (Å²) in [6, 6.07) is 19.3. The van der Waals surface area contributed by atoms with Crippen LogP contribution in [0.4, 0.5) is 8.78 Å².